The normalized spacial score (nSPS) is 14.5. The molecule has 0 fully saturated rings. The molecule has 0 aromatic rings. The molecule has 0 saturated heterocycles. The van der Waals surface area contributed by atoms with Crippen LogP contribution in [0.15, 0.2) is 0 Å². The van der Waals surface area contributed by atoms with Gasteiger partial charge in [-0.1, -0.05) is 21.6 Å². The van der Waals surface area contributed by atoms with Crippen LogP contribution in [0.4, 0.5) is 0 Å². The van der Waals surface area contributed by atoms with E-state index in [2.05, 4.69) is 32.7 Å². The predicted octanol–water partition coefficient (Wildman–Crippen LogP) is -10.2. The van der Waals surface area contributed by atoms with Gasteiger partial charge in [-0.3, -0.25) is 19.7 Å². The number of aliphatic hydroxyl groups is 1. The van der Waals surface area contributed by atoms with Gasteiger partial charge in [0.1, 0.15) is 24.4 Å². The Kier molecular flexibility index (Phi) is 19.5. The Morgan fingerprint density at radius 2 is 1.22 bits per heavy atom. The smallest absolute Gasteiger partial charge is 0.243 e. The molecule has 5 unspecified atom stereocenters. The number of hydrogen-bond acceptors (Lipinski definition) is 16. The molecular weight excluding hydrogens is 612 g/mol. The van der Waals surface area contributed by atoms with Crippen LogP contribution in [-0.2, 0) is 33.6 Å². The third-order valence-electron chi connectivity index (χ3n) is 4.93. The highest BCUT2D eigenvalue weighted by Crippen LogP contribution is 2.35. The second-order valence-electron chi connectivity index (χ2n) is 8.33. The Hall–Kier alpha value is -2.82. The number of aliphatic hydroxyl groups excluding tert-OH is 1. The fourth-order valence-corrected chi connectivity index (χ4v) is 6.59. The summed E-state index contributed by atoms with van der Waals surface area (Å²) in [6.07, 6.45) is -2.40. The first-order chi connectivity index (χ1) is 19.1. The molecule has 0 spiro atoms. The summed E-state index contributed by atoms with van der Waals surface area (Å²) in [5, 5.41) is 62.3. The predicted molar refractivity (Wildman–Crippen MR) is 135 cm³/mol. The molecule has 234 valence electrons. The molecule has 0 aliphatic heterocycles. The number of hydrogen-bond donors (Lipinski definition) is 7. The Balaban J connectivity index is 5.04. The van der Waals surface area contributed by atoms with Crippen molar-refractivity contribution in [1.82, 2.24) is 21.3 Å². The second kappa shape index (κ2) is 21.0. The van der Waals surface area contributed by atoms with Crippen molar-refractivity contribution in [1.29, 1.82) is 0 Å². The van der Waals surface area contributed by atoms with Crippen LogP contribution in [0.3, 0.4) is 0 Å². The van der Waals surface area contributed by atoms with E-state index in [1.54, 1.807) is 0 Å². The van der Waals surface area contributed by atoms with Crippen molar-refractivity contribution < 1.29 is 70.6 Å². The standard InChI is InChI=1S/C20H34N6O12S3/c21-9(19(35)36)1-3-13(27)25-11(17(33)23-5-15(29)30)7-39-41-40-8-12(18(34)24-6-16(31)32)26-14(28)4-2-10(22)20(37)38/h9-12,17,23,33H,1-8,21-22H2,(H,24,34)(H,25,27)(H,26,28)(H,29,30)(H,31,32)(H,35,36)(H,37,38)/p-2. The van der Waals surface area contributed by atoms with E-state index in [1.165, 1.54) is 0 Å². The van der Waals surface area contributed by atoms with Crippen molar-refractivity contribution in [3.05, 3.63) is 0 Å². The number of nitrogens with one attached hydrogen (secondary N) is 4. The number of aliphatic carboxylic acids is 4. The summed E-state index contributed by atoms with van der Waals surface area (Å²) in [6.45, 7) is -1.55. The molecule has 0 saturated carbocycles. The maximum atomic E-state index is 12.3. The maximum Gasteiger partial charge on any atom is 0.243 e. The van der Waals surface area contributed by atoms with Crippen LogP contribution >= 0.6 is 31.4 Å². The lowest BCUT2D eigenvalue weighted by Gasteiger charge is -2.25. The number of quaternary nitrogens is 2. The average molecular weight is 645 g/mol. The zero-order valence-corrected chi connectivity index (χ0v) is 24.1. The van der Waals surface area contributed by atoms with Crippen molar-refractivity contribution in [2.24, 2.45) is 0 Å². The van der Waals surface area contributed by atoms with E-state index in [0.717, 1.165) is 31.4 Å². The van der Waals surface area contributed by atoms with Crippen LogP contribution in [0.5, 0.6) is 0 Å². The molecule has 0 aliphatic rings. The quantitative estimate of drug-likeness (QED) is 0.0308. The lowest BCUT2D eigenvalue weighted by molar-refractivity contribution is -0.438. The first-order valence-electron chi connectivity index (χ1n) is 11.8. The molecule has 3 amide bonds. The first kappa shape index (κ1) is 38.2. The highest BCUT2D eigenvalue weighted by molar-refractivity contribution is 9.09. The van der Waals surface area contributed by atoms with Crippen molar-refractivity contribution in [2.75, 3.05) is 24.6 Å². The molecule has 0 bridgehead atoms. The number of carboxylic acids is 4. The van der Waals surface area contributed by atoms with E-state index in [4.69, 9.17) is 0 Å². The second-order valence-corrected chi connectivity index (χ2v) is 12.6. The van der Waals surface area contributed by atoms with Crippen molar-refractivity contribution >= 4 is 73.0 Å². The SMILES string of the molecule is [NH3+]C(CCC(=O)NC(CSSSCC(NC(=O)CCC([NH3+])C(=O)[O-])C(O)NCC(=O)[O-])C(=O)NCC(=O)[O-])C(=O)[O-]. The molecule has 0 aromatic carbocycles. The molecule has 18 nitrogen and oxygen atoms in total. The summed E-state index contributed by atoms with van der Waals surface area (Å²) < 4.78 is 0. The molecule has 0 radical (unpaired) electrons. The average Bonchev–Trinajstić information content (AvgIpc) is 2.89. The number of carbonyl (C=O) groups excluding carboxylic acids is 7. The summed E-state index contributed by atoms with van der Waals surface area (Å²) in [4.78, 5) is 79.6. The number of carboxylic acid groups (broad SMARTS) is 4. The molecule has 0 aliphatic carbocycles. The van der Waals surface area contributed by atoms with E-state index in [-0.39, 0.29) is 37.2 Å². The summed E-state index contributed by atoms with van der Waals surface area (Å²) in [6, 6.07) is -4.58. The van der Waals surface area contributed by atoms with Gasteiger partial charge in [-0.2, -0.15) is 0 Å². The van der Waals surface area contributed by atoms with Crippen LogP contribution in [0.1, 0.15) is 25.7 Å². The molecule has 11 N–H and O–H groups in total. The van der Waals surface area contributed by atoms with E-state index in [9.17, 15) is 59.1 Å². The zero-order chi connectivity index (χ0) is 31.5. The minimum Gasteiger partial charge on any atom is -0.549 e. The Morgan fingerprint density at radius 1 is 0.732 bits per heavy atom. The Labute approximate surface area is 245 Å². The van der Waals surface area contributed by atoms with E-state index >= 15 is 0 Å². The Morgan fingerprint density at radius 3 is 1.71 bits per heavy atom. The monoisotopic (exact) mass is 644 g/mol. The van der Waals surface area contributed by atoms with Crippen molar-refractivity contribution in [3.8, 4) is 0 Å². The van der Waals surface area contributed by atoms with Gasteiger partial charge in [-0.05, 0) is 9.83 Å². The highest BCUT2D eigenvalue weighted by Gasteiger charge is 2.24. The summed E-state index contributed by atoms with van der Waals surface area (Å²) in [5.41, 5.74) is 6.65. The molecule has 41 heavy (non-hydrogen) atoms. The van der Waals surface area contributed by atoms with Gasteiger partial charge in [-0.15, -0.1) is 0 Å². The van der Waals surface area contributed by atoms with Crippen molar-refractivity contribution in [3.63, 3.8) is 0 Å². The molecule has 21 heteroatoms. The molecule has 0 heterocycles. The van der Waals surface area contributed by atoms with E-state index < -0.39 is 85.1 Å². The van der Waals surface area contributed by atoms with Crippen LogP contribution in [0.2, 0.25) is 0 Å². The van der Waals surface area contributed by atoms with Crippen LogP contribution in [0.25, 0.3) is 0 Å². The van der Waals surface area contributed by atoms with Gasteiger partial charge < -0.3 is 72.1 Å². The van der Waals surface area contributed by atoms with Gasteiger partial charge in [0.25, 0.3) is 0 Å². The summed E-state index contributed by atoms with van der Waals surface area (Å²) in [7, 11) is 3.14. The first-order valence-corrected chi connectivity index (χ1v) is 15.6. The Bertz CT molecular complexity index is 930. The van der Waals surface area contributed by atoms with Crippen LogP contribution in [-0.4, -0.2) is 102 Å². The van der Waals surface area contributed by atoms with E-state index in [0.29, 0.717) is 0 Å². The number of rotatable bonds is 23. The zero-order valence-electron chi connectivity index (χ0n) is 21.6. The van der Waals surface area contributed by atoms with Gasteiger partial charge in [0.05, 0.1) is 36.5 Å². The molecule has 0 rings (SSSR count). The third kappa shape index (κ3) is 19.0. The minimum atomic E-state index is -1.57. The highest BCUT2D eigenvalue weighted by atomic mass is 33.5. The van der Waals surface area contributed by atoms with Gasteiger partial charge in [0.2, 0.25) is 17.7 Å². The van der Waals surface area contributed by atoms with Crippen LogP contribution in [0, 0.1) is 0 Å². The van der Waals surface area contributed by atoms with Crippen LogP contribution < -0.4 is 53.2 Å². The lowest BCUT2D eigenvalue weighted by Crippen LogP contribution is -2.68. The topological polar surface area (TPSA) is 335 Å². The molecule has 5 atom stereocenters. The largest absolute Gasteiger partial charge is 0.549 e. The number of carbonyl (C=O) groups is 7. The van der Waals surface area contributed by atoms with Crippen molar-refractivity contribution in [2.45, 2.75) is 56.1 Å². The van der Waals surface area contributed by atoms with Gasteiger partial charge in [0.15, 0.2) is 0 Å². The van der Waals surface area contributed by atoms with Gasteiger partial charge >= 0.3 is 0 Å². The summed E-state index contributed by atoms with van der Waals surface area (Å²) >= 11 is 0. The fraction of sp³-hybridized carbons (Fsp3) is 0.650. The third-order valence-corrected chi connectivity index (χ3v) is 9.21. The fourth-order valence-electron chi connectivity index (χ4n) is 2.63. The molecular formula is C20H32N6O12S3-2. The van der Waals surface area contributed by atoms with Gasteiger partial charge in [0, 0.05) is 43.7 Å². The molecule has 0 aromatic heterocycles. The lowest BCUT2D eigenvalue weighted by atomic mass is 10.1. The summed E-state index contributed by atoms with van der Waals surface area (Å²) in [5.74, 6) is -8.28. The van der Waals surface area contributed by atoms with Gasteiger partial charge in [-0.25, -0.2) is 0 Å². The maximum absolute atomic E-state index is 12.3. The van der Waals surface area contributed by atoms with E-state index in [1.807, 2.05) is 0 Å². The minimum absolute atomic E-state index is 0.0130. The number of amides is 3.